The van der Waals surface area contributed by atoms with Gasteiger partial charge < -0.3 is 10.6 Å². The summed E-state index contributed by atoms with van der Waals surface area (Å²) in [7, 11) is 0. The Morgan fingerprint density at radius 2 is 1.74 bits per heavy atom. The average Bonchev–Trinajstić information content (AvgIpc) is 2.50. The van der Waals surface area contributed by atoms with Crippen molar-refractivity contribution in [1.82, 2.24) is 15.5 Å². The predicted molar refractivity (Wildman–Crippen MR) is 77.4 cm³/mol. The van der Waals surface area contributed by atoms with E-state index in [1.165, 1.54) is 50.6 Å². The van der Waals surface area contributed by atoms with E-state index >= 15 is 0 Å². The first kappa shape index (κ1) is 12.9. The fourth-order valence-electron chi connectivity index (χ4n) is 3.21. The Hall–Kier alpha value is -1.16. The lowest BCUT2D eigenvalue weighted by Crippen LogP contribution is -2.35. The molecule has 2 aliphatic rings. The molecule has 0 unspecified atom stereocenters. The molecule has 3 rings (SSSR count). The fourth-order valence-corrected chi connectivity index (χ4v) is 3.21. The van der Waals surface area contributed by atoms with Gasteiger partial charge in [0.15, 0.2) is 0 Å². The SMILES string of the molecule is c1cc(C2CCCCC2)nnc1NC1CCNCC1. The smallest absolute Gasteiger partial charge is 0.148 e. The maximum absolute atomic E-state index is 4.44. The summed E-state index contributed by atoms with van der Waals surface area (Å²) in [5, 5.41) is 15.7. The van der Waals surface area contributed by atoms with Crippen LogP contribution in [0, 0.1) is 0 Å². The van der Waals surface area contributed by atoms with Crippen molar-refractivity contribution in [1.29, 1.82) is 0 Å². The highest BCUT2D eigenvalue weighted by Crippen LogP contribution is 2.31. The van der Waals surface area contributed by atoms with E-state index in [2.05, 4.69) is 33.0 Å². The van der Waals surface area contributed by atoms with E-state index in [0.29, 0.717) is 12.0 Å². The van der Waals surface area contributed by atoms with E-state index in [0.717, 1.165) is 18.9 Å². The Morgan fingerprint density at radius 1 is 0.947 bits per heavy atom. The molecule has 1 aliphatic heterocycles. The van der Waals surface area contributed by atoms with Crippen LogP contribution in [0.2, 0.25) is 0 Å². The molecular weight excluding hydrogens is 236 g/mol. The van der Waals surface area contributed by atoms with Gasteiger partial charge in [-0.15, -0.1) is 5.10 Å². The molecule has 0 aromatic carbocycles. The monoisotopic (exact) mass is 260 g/mol. The number of hydrogen-bond acceptors (Lipinski definition) is 4. The molecule has 19 heavy (non-hydrogen) atoms. The minimum absolute atomic E-state index is 0.552. The Bertz CT molecular complexity index is 378. The van der Waals surface area contributed by atoms with Gasteiger partial charge in [-0.2, -0.15) is 5.10 Å². The van der Waals surface area contributed by atoms with Gasteiger partial charge in [-0.25, -0.2) is 0 Å². The zero-order chi connectivity index (χ0) is 12.9. The number of rotatable bonds is 3. The molecule has 0 radical (unpaired) electrons. The maximum atomic E-state index is 4.44. The van der Waals surface area contributed by atoms with Crippen LogP contribution >= 0.6 is 0 Å². The molecule has 0 atom stereocenters. The van der Waals surface area contributed by atoms with Crippen molar-refractivity contribution in [3.8, 4) is 0 Å². The third-order valence-corrected chi connectivity index (χ3v) is 4.40. The lowest BCUT2D eigenvalue weighted by molar-refractivity contribution is 0.434. The molecule has 4 nitrogen and oxygen atoms in total. The summed E-state index contributed by atoms with van der Waals surface area (Å²) in [4.78, 5) is 0. The first-order valence-electron chi connectivity index (χ1n) is 7.73. The lowest BCUT2D eigenvalue weighted by Gasteiger charge is -2.24. The van der Waals surface area contributed by atoms with Crippen molar-refractivity contribution in [3.63, 3.8) is 0 Å². The molecular formula is C15H24N4. The molecule has 2 heterocycles. The van der Waals surface area contributed by atoms with Gasteiger partial charge in [0.2, 0.25) is 0 Å². The van der Waals surface area contributed by atoms with Crippen LogP contribution in [0.1, 0.15) is 56.6 Å². The summed E-state index contributed by atoms with van der Waals surface area (Å²) in [6.07, 6.45) is 9.01. The van der Waals surface area contributed by atoms with E-state index < -0.39 is 0 Å². The van der Waals surface area contributed by atoms with E-state index in [1.807, 2.05) is 0 Å². The second-order valence-corrected chi connectivity index (χ2v) is 5.85. The minimum atomic E-state index is 0.552. The number of nitrogens with one attached hydrogen (secondary N) is 2. The molecule has 1 saturated heterocycles. The molecule has 2 fully saturated rings. The second-order valence-electron chi connectivity index (χ2n) is 5.85. The van der Waals surface area contributed by atoms with Gasteiger partial charge in [-0.3, -0.25) is 0 Å². The number of nitrogens with zero attached hydrogens (tertiary/aromatic N) is 2. The van der Waals surface area contributed by atoms with Gasteiger partial charge in [-0.1, -0.05) is 19.3 Å². The third-order valence-electron chi connectivity index (χ3n) is 4.40. The molecule has 1 saturated carbocycles. The van der Waals surface area contributed by atoms with Crippen LogP contribution in [0.4, 0.5) is 5.82 Å². The molecule has 0 spiro atoms. The molecule has 4 heteroatoms. The topological polar surface area (TPSA) is 49.8 Å². The van der Waals surface area contributed by atoms with Crippen LogP contribution in [0.15, 0.2) is 12.1 Å². The maximum Gasteiger partial charge on any atom is 0.148 e. The first-order valence-corrected chi connectivity index (χ1v) is 7.73. The van der Waals surface area contributed by atoms with Crippen LogP contribution in [0.25, 0.3) is 0 Å². The minimum Gasteiger partial charge on any atom is -0.366 e. The number of anilines is 1. The van der Waals surface area contributed by atoms with Crippen LogP contribution in [0.3, 0.4) is 0 Å². The molecule has 0 bridgehead atoms. The van der Waals surface area contributed by atoms with Crippen LogP contribution in [-0.4, -0.2) is 29.3 Å². The van der Waals surface area contributed by atoms with Crippen molar-refractivity contribution >= 4 is 5.82 Å². The fraction of sp³-hybridized carbons (Fsp3) is 0.733. The van der Waals surface area contributed by atoms with E-state index in [4.69, 9.17) is 0 Å². The van der Waals surface area contributed by atoms with E-state index in [-0.39, 0.29) is 0 Å². The Balaban J connectivity index is 1.58. The van der Waals surface area contributed by atoms with Crippen molar-refractivity contribution in [2.45, 2.75) is 56.9 Å². The number of piperidine rings is 1. The summed E-state index contributed by atoms with van der Waals surface area (Å²) >= 11 is 0. The van der Waals surface area contributed by atoms with Crippen LogP contribution in [-0.2, 0) is 0 Å². The van der Waals surface area contributed by atoms with Gasteiger partial charge in [0, 0.05) is 12.0 Å². The molecule has 1 aliphatic carbocycles. The molecule has 1 aromatic rings. The number of aromatic nitrogens is 2. The third kappa shape index (κ3) is 3.44. The van der Waals surface area contributed by atoms with E-state index in [9.17, 15) is 0 Å². The zero-order valence-electron chi connectivity index (χ0n) is 11.6. The van der Waals surface area contributed by atoms with Crippen molar-refractivity contribution in [2.75, 3.05) is 18.4 Å². The quantitative estimate of drug-likeness (QED) is 0.877. The van der Waals surface area contributed by atoms with Crippen LogP contribution in [0.5, 0.6) is 0 Å². The highest BCUT2D eigenvalue weighted by Gasteiger charge is 2.18. The number of hydrogen-bond donors (Lipinski definition) is 2. The van der Waals surface area contributed by atoms with Gasteiger partial charge in [0.1, 0.15) is 5.82 Å². The Kier molecular flexibility index (Phi) is 4.28. The lowest BCUT2D eigenvalue weighted by atomic mass is 9.87. The molecule has 0 amide bonds. The van der Waals surface area contributed by atoms with Gasteiger partial charge in [0.25, 0.3) is 0 Å². The summed E-state index contributed by atoms with van der Waals surface area (Å²) < 4.78 is 0. The van der Waals surface area contributed by atoms with Crippen LogP contribution < -0.4 is 10.6 Å². The van der Waals surface area contributed by atoms with Crippen molar-refractivity contribution in [2.24, 2.45) is 0 Å². The normalized spacial score (nSPS) is 22.3. The Morgan fingerprint density at radius 3 is 2.42 bits per heavy atom. The zero-order valence-corrected chi connectivity index (χ0v) is 11.6. The average molecular weight is 260 g/mol. The van der Waals surface area contributed by atoms with Gasteiger partial charge in [0.05, 0.1) is 5.69 Å². The first-order chi connectivity index (χ1) is 9.42. The standard InChI is InChI=1S/C15H24N4/c1-2-4-12(5-3-1)14-6-7-15(19-18-14)17-13-8-10-16-11-9-13/h6-7,12-13,16H,1-5,8-11H2,(H,17,19). The summed E-state index contributed by atoms with van der Waals surface area (Å²) in [5.41, 5.74) is 1.19. The molecule has 1 aromatic heterocycles. The van der Waals surface area contributed by atoms with E-state index in [1.54, 1.807) is 0 Å². The van der Waals surface area contributed by atoms with Gasteiger partial charge >= 0.3 is 0 Å². The summed E-state index contributed by atoms with van der Waals surface area (Å²) in [5.74, 6) is 1.58. The molecule has 2 N–H and O–H groups in total. The van der Waals surface area contributed by atoms with Crippen molar-refractivity contribution < 1.29 is 0 Å². The predicted octanol–water partition coefficient (Wildman–Crippen LogP) is 2.69. The highest BCUT2D eigenvalue weighted by molar-refractivity contribution is 5.35. The molecule has 104 valence electrons. The van der Waals surface area contributed by atoms with Crippen molar-refractivity contribution in [3.05, 3.63) is 17.8 Å². The Labute approximate surface area is 115 Å². The van der Waals surface area contributed by atoms with Gasteiger partial charge in [-0.05, 0) is 50.9 Å². The summed E-state index contributed by atoms with van der Waals surface area (Å²) in [6.45, 7) is 2.20. The largest absolute Gasteiger partial charge is 0.366 e. The summed E-state index contributed by atoms with van der Waals surface area (Å²) in [6, 6.07) is 4.84. The highest BCUT2D eigenvalue weighted by atomic mass is 15.2. The second kappa shape index (κ2) is 6.33.